The second kappa shape index (κ2) is 7.53. The van der Waals surface area contributed by atoms with Gasteiger partial charge in [0.05, 0.1) is 30.7 Å². The first-order valence-corrected chi connectivity index (χ1v) is 9.62. The van der Waals surface area contributed by atoms with Crippen LogP contribution in [-0.2, 0) is 11.2 Å². The lowest BCUT2D eigenvalue weighted by Crippen LogP contribution is -2.39. The van der Waals surface area contributed by atoms with E-state index in [9.17, 15) is 4.79 Å². The minimum absolute atomic E-state index is 0.0335. The fourth-order valence-electron chi connectivity index (χ4n) is 4.05. The first kappa shape index (κ1) is 17.1. The van der Waals surface area contributed by atoms with Gasteiger partial charge in [-0.1, -0.05) is 6.92 Å². The van der Waals surface area contributed by atoms with Gasteiger partial charge in [-0.2, -0.15) is 0 Å². The van der Waals surface area contributed by atoms with Crippen LogP contribution in [0.4, 0.5) is 0 Å². The summed E-state index contributed by atoms with van der Waals surface area (Å²) in [6.45, 7) is 5.51. The van der Waals surface area contributed by atoms with Gasteiger partial charge >= 0.3 is 0 Å². The van der Waals surface area contributed by atoms with E-state index in [0.29, 0.717) is 6.54 Å². The van der Waals surface area contributed by atoms with Crippen molar-refractivity contribution in [1.82, 2.24) is 29.3 Å². The maximum absolute atomic E-state index is 12.8. The molecule has 0 spiro atoms. The van der Waals surface area contributed by atoms with E-state index in [0.717, 1.165) is 56.2 Å². The Hall–Kier alpha value is -2.28. The number of hydrogen-bond donors (Lipinski definition) is 0. The molecule has 2 aliphatic rings. The van der Waals surface area contributed by atoms with Crippen molar-refractivity contribution in [2.75, 3.05) is 26.2 Å². The number of hydrogen-bond acceptors (Lipinski definition) is 5. The first-order valence-electron chi connectivity index (χ1n) is 9.62. The van der Waals surface area contributed by atoms with Crippen LogP contribution in [0.15, 0.2) is 24.8 Å². The minimum atomic E-state index is 0.0335. The zero-order chi connectivity index (χ0) is 17.9. The molecule has 2 aromatic rings. The zero-order valence-corrected chi connectivity index (χ0v) is 15.3. The lowest BCUT2D eigenvalue weighted by Gasteiger charge is -2.26. The molecule has 2 fully saturated rings. The van der Waals surface area contributed by atoms with Gasteiger partial charge in [-0.15, -0.1) is 0 Å². The summed E-state index contributed by atoms with van der Waals surface area (Å²) in [7, 11) is 0. The number of aryl methyl sites for hydroxylation is 1. The molecule has 0 aliphatic carbocycles. The Morgan fingerprint density at radius 1 is 1.19 bits per heavy atom. The fraction of sp³-hybridized carbons (Fsp3) is 0.579. The Kier molecular flexibility index (Phi) is 4.97. The number of amides is 1. The van der Waals surface area contributed by atoms with E-state index in [-0.39, 0.29) is 11.9 Å². The van der Waals surface area contributed by atoms with Crippen LogP contribution in [0.25, 0.3) is 5.82 Å². The molecular formula is C19H26N6O. The molecule has 4 rings (SSSR count). The Morgan fingerprint density at radius 2 is 2.04 bits per heavy atom. The topological polar surface area (TPSA) is 67.2 Å². The number of imidazole rings is 1. The van der Waals surface area contributed by atoms with Crippen molar-refractivity contribution >= 4 is 5.91 Å². The molecule has 0 saturated carbocycles. The van der Waals surface area contributed by atoms with Gasteiger partial charge in [-0.05, 0) is 38.8 Å². The normalized spacial score (nSPS) is 20.8. The minimum Gasteiger partial charge on any atom is -0.333 e. The summed E-state index contributed by atoms with van der Waals surface area (Å²) < 4.78 is 1.97. The first-order chi connectivity index (χ1) is 12.8. The van der Waals surface area contributed by atoms with Gasteiger partial charge in [0.15, 0.2) is 5.82 Å². The molecule has 1 unspecified atom stereocenters. The van der Waals surface area contributed by atoms with Crippen LogP contribution < -0.4 is 0 Å². The fourth-order valence-corrected chi connectivity index (χ4v) is 4.05. The van der Waals surface area contributed by atoms with Crippen molar-refractivity contribution in [2.45, 2.75) is 45.1 Å². The summed E-state index contributed by atoms with van der Waals surface area (Å²) in [5, 5.41) is 0. The van der Waals surface area contributed by atoms with E-state index >= 15 is 0 Å². The second-order valence-electron chi connectivity index (χ2n) is 7.10. The summed E-state index contributed by atoms with van der Waals surface area (Å²) in [6.07, 6.45) is 12.5. The highest BCUT2D eigenvalue weighted by atomic mass is 16.2. The standard InChI is InChI=1S/C19H26N6O/c1-2-17-21-7-11-25(17)18-13-20-12-15(22-18)16-6-5-10-24(16)19(26)14-23-8-3-4-9-23/h7,11-13,16H,2-6,8-10,14H2,1H3. The van der Waals surface area contributed by atoms with Crippen molar-refractivity contribution in [2.24, 2.45) is 0 Å². The van der Waals surface area contributed by atoms with Gasteiger partial charge in [0, 0.05) is 25.4 Å². The maximum Gasteiger partial charge on any atom is 0.237 e. The number of carbonyl (C=O) groups is 1. The van der Waals surface area contributed by atoms with Crippen LogP contribution in [0.3, 0.4) is 0 Å². The van der Waals surface area contributed by atoms with Gasteiger partial charge < -0.3 is 4.90 Å². The Labute approximate surface area is 154 Å². The van der Waals surface area contributed by atoms with Gasteiger partial charge in [0.25, 0.3) is 0 Å². The summed E-state index contributed by atoms with van der Waals surface area (Å²) >= 11 is 0. The molecule has 4 heterocycles. The van der Waals surface area contributed by atoms with Crippen molar-refractivity contribution < 1.29 is 4.79 Å². The average molecular weight is 354 g/mol. The monoisotopic (exact) mass is 354 g/mol. The van der Waals surface area contributed by atoms with E-state index < -0.39 is 0 Å². The smallest absolute Gasteiger partial charge is 0.237 e. The van der Waals surface area contributed by atoms with Crippen LogP contribution in [0, 0.1) is 0 Å². The van der Waals surface area contributed by atoms with Crippen LogP contribution in [0.2, 0.25) is 0 Å². The average Bonchev–Trinajstić information content (AvgIpc) is 3.41. The SMILES string of the molecule is CCc1nccn1-c1cncc(C2CCCN2C(=O)CN2CCCC2)n1. The molecule has 2 aliphatic heterocycles. The van der Waals surface area contributed by atoms with Gasteiger partial charge in [-0.3, -0.25) is 19.2 Å². The molecule has 2 saturated heterocycles. The van der Waals surface area contributed by atoms with E-state index in [1.807, 2.05) is 15.7 Å². The quantitative estimate of drug-likeness (QED) is 0.821. The molecule has 0 aromatic carbocycles. The van der Waals surface area contributed by atoms with Crippen LogP contribution in [0.1, 0.15) is 50.2 Å². The van der Waals surface area contributed by atoms with E-state index in [4.69, 9.17) is 4.98 Å². The number of carbonyl (C=O) groups excluding carboxylic acids is 1. The molecule has 26 heavy (non-hydrogen) atoms. The van der Waals surface area contributed by atoms with Gasteiger partial charge in [0.1, 0.15) is 5.82 Å². The van der Waals surface area contributed by atoms with Crippen molar-refractivity contribution in [3.05, 3.63) is 36.3 Å². The molecule has 7 heteroatoms. The van der Waals surface area contributed by atoms with Crippen molar-refractivity contribution in [3.63, 3.8) is 0 Å². The molecule has 2 aromatic heterocycles. The summed E-state index contributed by atoms with van der Waals surface area (Å²) in [5.41, 5.74) is 0.880. The third-order valence-electron chi connectivity index (χ3n) is 5.39. The molecule has 7 nitrogen and oxygen atoms in total. The van der Waals surface area contributed by atoms with Crippen molar-refractivity contribution in [1.29, 1.82) is 0 Å². The predicted molar refractivity (Wildman–Crippen MR) is 97.9 cm³/mol. The largest absolute Gasteiger partial charge is 0.333 e. The Balaban J connectivity index is 1.54. The zero-order valence-electron chi connectivity index (χ0n) is 15.3. The van der Waals surface area contributed by atoms with E-state index in [2.05, 4.69) is 21.8 Å². The van der Waals surface area contributed by atoms with Crippen molar-refractivity contribution in [3.8, 4) is 5.82 Å². The summed E-state index contributed by atoms with van der Waals surface area (Å²) in [4.78, 5) is 30.7. The van der Waals surface area contributed by atoms with Crippen LogP contribution >= 0.6 is 0 Å². The van der Waals surface area contributed by atoms with Crippen LogP contribution in [-0.4, -0.2) is 61.4 Å². The summed E-state index contributed by atoms with van der Waals surface area (Å²) in [5.74, 6) is 1.96. The highest BCUT2D eigenvalue weighted by Crippen LogP contribution is 2.31. The number of likely N-dealkylation sites (tertiary alicyclic amines) is 2. The molecular weight excluding hydrogens is 328 g/mol. The predicted octanol–water partition coefficient (Wildman–Crippen LogP) is 1.98. The Bertz CT molecular complexity index is 767. The lowest BCUT2D eigenvalue weighted by atomic mass is 10.1. The highest BCUT2D eigenvalue weighted by molar-refractivity contribution is 5.79. The highest BCUT2D eigenvalue weighted by Gasteiger charge is 2.32. The molecule has 0 radical (unpaired) electrons. The Morgan fingerprint density at radius 3 is 2.85 bits per heavy atom. The van der Waals surface area contributed by atoms with Gasteiger partial charge in [0.2, 0.25) is 5.91 Å². The number of aromatic nitrogens is 4. The maximum atomic E-state index is 12.8. The van der Waals surface area contributed by atoms with E-state index in [1.54, 1.807) is 18.6 Å². The molecule has 0 bridgehead atoms. The molecule has 138 valence electrons. The van der Waals surface area contributed by atoms with Crippen LogP contribution in [0.5, 0.6) is 0 Å². The van der Waals surface area contributed by atoms with E-state index in [1.165, 1.54) is 12.8 Å². The number of rotatable bonds is 5. The lowest BCUT2D eigenvalue weighted by molar-refractivity contribution is -0.133. The second-order valence-corrected chi connectivity index (χ2v) is 7.10. The third kappa shape index (κ3) is 3.35. The molecule has 1 atom stereocenters. The summed E-state index contributed by atoms with van der Waals surface area (Å²) in [6, 6.07) is 0.0335. The third-order valence-corrected chi connectivity index (χ3v) is 5.39. The molecule has 0 N–H and O–H groups in total. The number of nitrogens with zero attached hydrogens (tertiary/aromatic N) is 6. The molecule has 1 amide bonds. The van der Waals surface area contributed by atoms with Gasteiger partial charge in [-0.25, -0.2) is 9.97 Å².